The van der Waals surface area contributed by atoms with E-state index in [0.717, 1.165) is 42.8 Å². The molecule has 0 N–H and O–H groups in total. The van der Waals surface area contributed by atoms with Gasteiger partial charge in [-0.15, -0.1) is 0 Å². The van der Waals surface area contributed by atoms with Gasteiger partial charge in [0.15, 0.2) is 0 Å². The molecule has 2 aliphatic heterocycles. The molecule has 0 radical (unpaired) electrons. The number of hydrogen-bond acceptors (Lipinski definition) is 3. The molecule has 1 aromatic carbocycles. The second kappa shape index (κ2) is 5.91. The average Bonchev–Trinajstić information content (AvgIpc) is 3.15. The summed E-state index contributed by atoms with van der Waals surface area (Å²) in [5, 5.41) is 0. The Labute approximate surface area is 135 Å². The molecule has 2 aromatic rings. The number of imidazole rings is 1. The first-order valence-corrected chi connectivity index (χ1v) is 8.00. The number of likely N-dealkylation sites (tertiary alicyclic amines) is 1. The van der Waals surface area contributed by atoms with Gasteiger partial charge >= 0.3 is 0 Å². The highest BCUT2D eigenvalue weighted by Crippen LogP contribution is 2.28. The third-order valence-corrected chi connectivity index (χ3v) is 4.54. The zero-order chi connectivity index (χ0) is 15.6. The van der Waals surface area contributed by atoms with Gasteiger partial charge in [-0.1, -0.05) is 18.2 Å². The van der Waals surface area contributed by atoms with E-state index in [9.17, 15) is 4.79 Å². The zero-order valence-corrected chi connectivity index (χ0v) is 12.9. The smallest absolute Gasteiger partial charge is 0.253 e. The van der Waals surface area contributed by atoms with Crippen molar-refractivity contribution in [1.82, 2.24) is 14.5 Å². The molecule has 1 saturated heterocycles. The zero-order valence-electron chi connectivity index (χ0n) is 12.9. The first kappa shape index (κ1) is 14.1. The third-order valence-electron chi connectivity index (χ3n) is 4.54. The van der Waals surface area contributed by atoms with Gasteiger partial charge in [-0.25, -0.2) is 4.98 Å². The van der Waals surface area contributed by atoms with E-state index in [1.54, 1.807) is 6.20 Å². The maximum absolute atomic E-state index is 12.8. The molecule has 1 atom stereocenters. The summed E-state index contributed by atoms with van der Waals surface area (Å²) >= 11 is 0. The Hall–Kier alpha value is -2.56. The summed E-state index contributed by atoms with van der Waals surface area (Å²) < 4.78 is 7.81. The molecule has 0 bridgehead atoms. The van der Waals surface area contributed by atoms with E-state index in [1.165, 1.54) is 0 Å². The summed E-state index contributed by atoms with van der Waals surface area (Å²) in [7, 11) is 0. The molecule has 0 saturated carbocycles. The van der Waals surface area contributed by atoms with Gasteiger partial charge in [0, 0.05) is 31.0 Å². The van der Waals surface area contributed by atoms with E-state index in [1.807, 2.05) is 47.8 Å². The van der Waals surface area contributed by atoms with Gasteiger partial charge in [0.2, 0.25) is 0 Å². The molecule has 2 aliphatic rings. The van der Waals surface area contributed by atoms with Crippen LogP contribution >= 0.6 is 0 Å². The summed E-state index contributed by atoms with van der Waals surface area (Å²) in [6.45, 7) is 1.89. The van der Waals surface area contributed by atoms with Gasteiger partial charge in [-0.3, -0.25) is 4.79 Å². The van der Waals surface area contributed by atoms with Gasteiger partial charge < -0.3 is 14.2 Å². The predicted octanol–water partition coefficient (Wildman–Crippen LogP) is 2.52. The number of hydrogen-bond donors (Lipinski definition) is 0. The summed E-state index contributed by atoms with van der Waals surface area (Å²) in [4.78, 5) is 18.9. The van der Waals surface area contributed by atoms with Gasteiger partial charge in [-0.05, 0) is 25.0 Å². The Morgan fingerprint density at radius 2 is 2.22 bits per heavy atom. The highest BCUT2D eigenvalue weighted by Gasteiger charge is 2.27. The predicted molar refractivity (Wildman–Crippen MR) is 87.0 cm³/mol. The van der Waals surface area contributed by atoms with Crippen molar-refractivity contribution < 1.29 is 9.53 Å². The van der Waals surface area contributed by atoms with Crippen molar-refractivity contribution in [2.24, 2.45) is 0 Å². The number of ether oxygens (including phenoxy) is 1. The standard InChI is InChI=1S/C18H19N3O2/c22-18(15-10-14-4-1-2-6-17(14)23-12-15)20-8-3-5-16(11-20)21-9-7-19-13-21/h1-2,4,6-7,9-10,13,16H,3,5,8,11-12H2. The van der Waals surface area contributed by atoms with E-state index >= 15 is 0 Å². The maximum Gasteiger partial charge on any atom is 0.253 e. The quantitative estimate of drug-likeness (QED) is 0.856. The first-order valence-electron chi connectivity index (χ1n) is 8.00. The monoisotopic (exact) mass is 309 g/mol. The lowest BCUT2D eigenvalue weighted by Gasteiger charge is -2.34. The number of nitrogens with zero attached hydrogens (tertiary/aromatic N) is 3. The topological polar surface area (TPSA) is 47.4 Å². The maximum atomic E-state index is 12.8. The SMILES string of the molecule is O=C(C1=Cc2ccccc2OC1)N1CCCC(n2ccnc2)C1. The molecule has 23 heavy (non-hydrogen) atoms. The van der Waals surface area contributed by atoms with Crippen LogP contribution in [0.3, 0.4) is 0 Å². The van der Waals surface area contributed by atoms with Crippen LogP contribution in [0.1, 0.15) is 24.4 Å². The number of carbonyl (C=O) groups is 1. The van der Waals surface area contributed by atoms with Gasteiger partial charge in [-0.2, -0.15) is 0 Å². The lowest BCUT2D eigenvalue weighted by molar-refractivity contribution is -0.129. The highest BCUT2D eigenvalue weighted by molar-refractivity contribution is 5.99. The number of para-hydroxylation sites is 1. The molecule has 0 aliphatic carbocycles. The van der Waals surface area contributed by atoms with E-state index < -0.39 is 0 Å². The van der Waals surface area contributed by atoms with Gasteiger partial charge in [0.05, 0.1) is 17.9 Å². The summed E-state index contributed by atoms with van der Waals surface area (Å²) in [5.41, 5.74) is 1.71. The van der Waals surface area contributed by atoms with Crippen LogP contribution in [-0.2, 0) is 4.79 Å². The van der Waals surface area contributed by atoms with Crippen LogP contribution in [0.25, 0.3) is 6.08 Å². The summed E-state index contributed by atoms with van der Waals surface area (Å²) in [5.74, 6) is 0.934. The second-order valence-corrected chi connectivity index (χ2v) is 6.05. The molecule has 4 rings (SSSR count). The van der Waals surface area contributed by atoms with Crippen LogP contribution in [0.15, 0.2) is 48.6 Å². The molecular formula is C18H19N3O2. The second-order valence-electron chi connectivity index (χ2n) is 6.05. The van der Waals surface area contributed by atoms with Crippen molar-refractivity contribution in [1.29, 1.82) is 0 Å². The van der Waals surface area contributed by atoms with Gasteiger partial charge in [0.25, 0.3) is 5.91 Å². The number of benzene rings is 1. The molecule has 1 aromatic heterocycles. The minimum absolute atomic E-state index is 0.0873. The Kier molecular flexibility index (Phi) is 3.61. The Balaban J connectivity index is 1.52. The van der Waals surface area contributed by atoms with E-state index in [-0.39, 0.29) is 5.91 Å². The highest BCUT2D eigenvalue weighted by atomic mass is 16.5. The molecule has 3 heterocycles. The van der Waals surface area contributed by atoms with Crippen molar-refractivity contribution in [2.45, 2.75) is 18.9 Å². The lowest BCUT2D eigenvalue weighted by Crippen LogP contribution is -2.42. The van der Waals surface area contributed by atoms with Crippen LogP contribution in [0.5, 0.6) is 5.75 Å². The fourth-order valence-electron chi connectivity index (χ4n) is 3.31. The molecule has 5 nitrogen and oxygen atoms in total. The molecule has 5 heteroatoms. The fraction of sp³-hybridized carbons (Fsp3) is 0.333. The van der Waals surface area contributed by atoms with Crippen LogP contribution in [0.4, 0.5) is 0 Å². The summed E-state index contributed by atoms with van der Waals surface area (Å²) in [6, 6.07) is 8.13. The minimum atomic E-state index is 0.0873. The van der Waals surface area contributed by atoms with Crippen LogP contribution in [-0.4, -0.2) is 40.1 Å². The lowest BCUT2D eigenvalue weighted by atomic mass is 10.0. The molecule has 118 valence electrons. The minimum Gasteiger partial charge on any atom is -0.488 e. The largest absolute Gasteiger partial charge is 0.488 e. The Morgan fingerprint density at radius 1 is 1.30 bits per heavy atom. The number of fused-ring (bicyclic) bond motifs is 1. The third kappa shape index (κ3) is 2.74. The van der Waals surface area contributed by atoms with Crippen LogP contribution in [0.2, 0.25) is 0 Å². The average molecular weight is 309 g/mol. The van der Waals surface area contributed by atoms with Crippen molar-refractivity contribution in [3.05, 3.63) is 54.1 Å². The molecule has 0 spiro atoms. The number of amides is 1. The summed E-state index contributed by atoms with van der Waals surface area (Å²) in [6.07, 6.45) is 9.64. The van der Waals surface area contributed by atoms with Crippen LogP contribution in [0, 0.1) is 0 Å². The first-order chi connectivity index (χ1) is 11.3. The number of rotatable bonds is 2. The van der Waals surface area contributed by atoms with E-state index in [0.29, 0.717) is 12.6 Å². The van der Waals surface area contributed by atoms with Crippen molar-refractivity contribution >= 4 is 12.0 Å². The number of aromatic nitrogens is 2. The van der Waals surface area contributed by atoms with E-state index in [2.05, 4.69) is 9.55 Å². The van der Waals surface area contributed by atoms with E-state index in [4.69, 9.17) is 4.74 Å². The molecule has 1 amide bonds. The van der Waals surface area contributed by atoms with Crippen molar-refractivity contribution in [3.8, 4) is 5.75 Å². The fourth-order valence-corrected chi connectivity index (χ4v) is 3.31. The Bertz CT molecular complexity index is 736. The Morgan fingerprint density at radius 3 is 3.09 bits per heavy atom. The number of piperidine rings is 1. The van der Waals surface area contributed by atoms with Gasteiger partial charge in [0.1, 0.15) is 12.4 Å². The molecular weight excluding hydrogens is 290 g/mol. The molecule has 1 fully saturated rings. The van der Waals surface area contributed by atoms with Crippen LogP contribution < -0.4 is 4.74 Å². The number of carbonyl (C=O) groups excluding carboxylic acids is 1. The normalized spacial score (nSPS) is 20.4. The molecule has 1 unspecified atom stereocenters. The van der Waals surface area contributed by atoms with Crippen molar-refractivity contribution in [3.63, 3.8) is 0 Å². The van der Waals surface area contributed by atoms with Crippen molar-refractivity contribution in [2.75, 3.05) is 19.7 Å².